The maximum absolute atomic E-state index is 13.6. The summed E-state index contributed by atoms with van der Waals surface area (Å²) in [5, 5.41) is 14.3. The molecule has 2 aromatic rings. The molecule has 1 amide bonds. The van der Waals surface area contributed by atoms with Gasteiger partial charge in [-0.05, 0) is 37.5 Å². The van der Waals surface area contributed by atoms with Gasteiger partial charge in [0.05, 0.1) is 17.7 Å². The Bertz CT molecular complexity index is 952. The second-order valence-corrected chi connectivity index (χ2v) is 9.55. The summed E-state index contributed by atoms with van der Waals surface area (Å²) in [5.74, 6) is 0.782. The fourth-order valence-electron chi connectivity index (χ4n) is 4.70. The molecule has 172 valence electrons. The molecule has 7 nitrogen and oxygen atoms in total. The predicted molar refractivity (Wildman–Crippen MR) is 126 cm³/mol. The van der Waals surface area contributed by atoms with E-state index in [-0.39, 0.29) is 17.9 Å². The van der Waals surface area contributed by atoms with Gasteiger partial charge >= 0.3 is 0 Å². The lowest BCUT2D eigenvalue weighted by Crippen LogP contribution is -2.55. The zero-order valence-electron chi connectivity index (χ0n) is 19.0. The zero-order chi connectivity index (χ0) is 22.8. The Morgan fingerprint density at radius 1 is 1.25 bits per heavy atom. The molecule has 3 atom stereocenters. The molecule has 8 heteroatoms. The number of carbonyl (C=O) groups excluding carboxylic acids is 1. The van der Waals surface area contributed by atoms with Crippen LogP contribution in [-0.2, 0) is 11.2 Å². The summed E-state index contributed by atoms with van der Waals surface area (Å²) in [6.07, 6.45) is 2.53. The molecule has 0 saturated carbocycles. The number of hydrogen-bond acceptors (Lipinski definition) is 6. The van der Waals surface area contributed by atoms with Crippen molar-refractivity contribution in [2.24, 2.45) is 0 Å². The number of aromatic nitrogens is 2. The monoisotopic (exact) mass is 457 g/mol. The number of aliphatic hydroxyl groups excluding tert-OH is 1. The van der Waals surface area contributed by atoms with Gasteiger partial charge in [-0.2, -0.15) is 0 Å². The second-order valence-electron chi connectivity index (χ2n) is 9.11. The third-order valence-corrected chi connectivity index (χ3v) is 6.70. The molecule has 0 spiro atoms. The summed E-state index contributed by atoms with van der Waals surface area (Å²) >= 11 is 6.07. The minimum atomic E-state index is -0.501. The molecule has 1 aromatic heterocycles. The summed E-state index contributed by atoms with van der Waals surface area (Å²) in [5.41, 5.74) is 2.78. The van der Waals surface area contributed by atoms with Crippen molar-refractivity contribution in [1.29, 1.82) is 0 Å². The number of piperazine rings is 1. The summed E-state index contributed by atoms with van der Waals surface area (Å²) in [6.45, 7) is 8.86. The smallest absolute Gasteiger partial charge is 0.231 e. The van der Waals surface area contributed by atoms with Crippen LogP contribution < -0.4 is 10.2 Å². The van der Waals surface area contributed by atoms with E-state index in [0.29, 0.717) is 43.7 Å². The predicted octanol–water partition coefficient (Wildman–Crippen LogP) is 2.93. The minimum Gasteiger partial charge on any atom is -0.387 e. The van der Waals surface area contributed by atoms with Crippen LogP contribution in [0.4, 0.5) is 5.82 Å². The lowest BCUT2D eigenvalue weighted by molar-refractivity contribution is -0.133. The van der Waals surface area contributed by atoms with Crippen LogP contribution in [-0.4, -0.2) is 64.1 Å². The van der Waals surface area contributed by atoms with Gasteiger partial charge in [-0.1, -0.05) is 37.6 Å². The number of fused-ring (bicyclic) bond motifs is 1. The van der Waals surface area contributed by atoms with Gasteiger partial charge in [0.2, 0.25) is 5.91 Å². The fraction of sp³-hybridized carbons (Fsp3) is 0.542. The van der Waals surface area contributed by atoms with Gasteiger partial charge in [0, 0.05) is 48.8 Å². The van der Waals surface area contributed by atoms with Crippen molar-refractivity contribution in [3.8, 4) is 0 Å². The number of hydrogen-bond donors (Lipinski definition) is 2. The summed E-state index contributed by atoms with van der Waals surface area (Å²) < 4.78 is 0. The van der Waals surface area contributed by atoms with Crippen molar-refractivity contribution in [3.05, 3.63) is 52.4 Å². The number of rotatable bonds is 6. The number of nitrogens with zero attached hydrogens (tertiary/aromatic N) is 4. The molecule has 2 aliphatic rings. The largest absolute Gasteiger partial charge is 0.387 e. The van der Waals surface area contributed by atoms with E-state index < -0.39 is 6.10 Å². The fourth-order valence-corrected chi connectivity index (χ4v) is 4.82. The zero-order valence-corrected chi connectivity index (χ0v) is 19.7. The Labute approximate surface area is 194 Å². The first-order valence-corrected chi connectivity index (χ1v) is 11.8. The highest BCUT2D eigenvalue weighted by atomic mass is 35.5. The Morgan fingerprint density at radius 2 is 2.00 bits per heavy atom. The van der Waals surface area contributed by atoms with Crippen LogP contribution in [0.2, 0.25) is 5.02 Å². The highest BCUT2D eigenvalue weighted by Gasteiger charge is 2.34. The average molecular weight is 458 g/mol. The highest BCUT2D eigenvalue weighted by molar-refractivity contribution is 6.30. The Balaban J connectivity index is 1.50. The number of aliphatic hydroxyl groups is 1. The molecule has 0 bridgehead atoms. The quantitative estimate of drug-likeness (QED) is 0.694. The van der Waals surface area contributed by atoms with Crippen LogP contribution in [0.5, 0.6) is 0 Å². The molecule has 1 saturated heterocycles. The molecule has 1 aromatic carbocycles. The molecular formula is C24H32ClN5O2. The molecule has 2 N–H and O–H groups in total. The molecule has 32 heavy (non-hydrogen) atoms. The van der Waals surface area contributed by atoms with Crippen molar-refractivity contribution in [2.75, 3.05) is 31.1 Å². The second kappa shape index (κ2) is 9.73. The van der Waals surface area contributed by atoms with Gasteiger partial charge in [-0.15, -0.1) is 0 Å². The summed E-state index contributed by atoms with van der Waals surface area (Å²) in [4.78, 5) is 26.7. The van der Waals surface area contributed by atoms with Gasteiger partial charge < -0.3 is 20.2 Å². The maximum atomic E-state index is 13.6. The van der Waals surface area contributed by atoms with E-state index in [2.05, 4.69) is 41.0 Å². The average Bonchev–Trinajstić information content (AvgIpc) is 3.16. The molecule has 1 fully saturated rings. The van der Waals surface area contributed by atoms with Crippen LogP contribution in [0.1, 0.15) is 56.0 Å². The van der Waals surface area contributed by atoms with Crippen molar-refractivity contribution >= 4 is 23.3 Å². The number of halogens is 1. The summed E-state index contributed by atoms with van der Waals surface area (Å²) in [7, 11) is 0. The number of benzene rings is 1. The first kappa shape index (κ1) is 23.0. The summed E-state index contributed by atoms with van der Waals surface area (Å²) in [6, 6.07) is 8.00. The lowest BCUT2D eigenvalue weighted by Gasteiger charge is -2.42. The van der Waals surface area contributed by atoms with E-state index in [9.17, 15) is 9.90 Å². The normalized spacial score (nSPS) is 21.7. The third-order valence-electron chi connectivity index (χ3n) is 6.45. The molecule has 1 aliphatic heterocycles. The molecular weight excluding hydrogens is 426 g/mol. The molecule has 3 unspecified atom stereocenters. The molecule has 4 rings (SSSR count). The first-order chi connectivity index (χ1) is 15.3. The van der Waals surface area contributed by atoms with Gasteiger partial charge in [0.25, 0.3) is 0 Å². The van der Waals surface area contributed by atoms with Gasteiger partial charge in [0.15, 0.2) is 0 Å². The minimum absolute atomic E-state index is 0.119. The molecule has 2 heterocycles. The topological polar surface area (TPSA) is 81.6 Å². The Morgan fingerprint density at radius 3 is 2.69 bits per heavy atom. The number of anilines is 1. The molecule has 0 radical (unpaired) electrons. The van der Waals surface area contributed by atoms with Crippen molar-refractivity contribution in [3.63, 3.8) is 0 Å². The Hall–Kier alpha value is -2.22. The Kier molecular flexibility index (Phi) is 6.98. The van der Waals surface area contributed by atoms with Crippen LogP contribution in [0.15, 0.2) is 30.6 Å². The standard InChI is InChI=1S/C24H32ClN5O2/c1-15(2)26-12-20(17-4-6-18(25)7-5-17)24(32)29-10-11-30(16(3)13-29)23-19-8-9-21(31)22(19)27-14-28-23/h4-7,14-16,20-21,26,31H,8-13H2,1-3H3. The number of amides is 1. The van der Waals surface area contributed by atoms with Crippen molar-refractivity contribution in [2.45, 2.75) is 57.7 Å². The van der Waals surface area contributed by atoms with Crippen LogP contribution in [0, 0.1) is 0 Å². The van der Waals surface area contributed by atoms with Crippen LogP contribution >= 0.6 is 11.6 Å². The lowest BCUT2D eigenvalue weighted by atomic mass is 9.96. The maximum Gasteiger partial charge on any atom is 0.231 e. The van der Waals surface area contributed by atoms with Gasteiger partial charge in [-0.25, -0.2) is 9.97 Å². The first-order valence-electron chi connectivity index (χ1n) is 11.4. The third kappa shape index (κ3) is 4.75. The highest BCUT2D eigenvalue weighted by Crippen LogP contribution is 2.35. The van der Waals surface area contributed by atoms with Gasteiger partial charge in [0.1, 0.15) is 12.1 Å². The van der Waals surface area contributed by atoms with Gasteiger partial charge in [-0.3, -0.25) is 4.79 Å². The van der Waals surface area contributed by atoms with Crippen molar-refractivity contribution < 1.29 is 9.90 Å². The van der Waals surface area contributed by atoms with E-state index in [0.717, 1.165) is 29.1 Å². The molecule has 1 aliphatic carbocycles. The van der Waals surface area contributed by atoms with E-state index in [1.54, 1.807) is 6.33 Å². The SMILES string of the molecule is CC(C)NCC(C(=O)N1CCN(c2ncnc3c2CCC3O)C(C)C1)c1ccc(Cl)cc1. The van der Waals surface area contributed by atoms with E-state index in [4.69, 9.17) is 11.6 Å². The van der Waals surface area contributed by atoms with E-state index in [1.807, 2.05) is 29.2 Å². The van der Waals surface area contributed by atoms with Crippen LogP contribution in [0.3, 0.4) is 0 Å². The van der Waals surface area contributed by atoms with E-state index in [1.165, 1.54) is 0 Å². The van der Waals surface area contributed by atoms with Crippen molar-refractivity contribution in [1.82, 2.24) is 20.2 Å². The number of nitrogens with one attached hydrogen (secondary N) is 1. The van der Waals surface area contributed by atoms with E-state index >= 15 is 0 Å². The van der Waals surface area contributed by atoms with Crippen LogP contribution in [0.25, 0.3) is 0 Å². The number of carbonyl (C=O) groups is 1.